The maximum atomic E-state index is 13.2. The van der Waals surface area contributed by atoms with E-state index < -0.39 is 44.0 Å². The molecule has 1 aliphatic heterocycles. The molecule has 0 saturated carbocycles. The Balaban J connectivity index is 2.53. The molecule has 0 amide bonds. The zero-order valence-corrected chi connectivity index (χ0v) is 15.2. The monoisotopic (exact) mass is 403 g/mol. The summed E-state index contributed by atoms with van der Waals surface area (Å²) in [5.41, 5.74) is -2.85. The first kappa shape index (κ1) is 19.8. The van der Waals surface area contributed by atoms with E-state index in [0.717, 1.165) is 7.11 Å². The second-order valence-electron chi connectivity index (χ2n) is 5.80. The van der Waals surface area contributed by atoms with Crippen LogP contribution in [0.4, 0.5) is 13.2 Å². The second-order valence-corrected chi connectivity index (χ2v) is 8.20. The number of alkyl halides is 4. The molecule has 1 aromatic heterocycles. The van der Waals surface area contributed by atoms with E-state index in [1.54, 1.807) is 6.92 Å². The van der Waals surface area contributed by atoms with Crippen molar-refractivity contribution < 1.29 is 31.2 Å². The standard InChI is InChI=1S/C13H17ClF3N3O4S/c1-4-7(9-10(13(15,16)17)18-19-11(9)23-3)25(21,22)8-5-12(2,6-14)24-20-8/h7H,4-6H2,1-3H3,(H,18,19). The number of H-pyrrole nitrogens is 1. The summed E-state index contributed by atoms with van der Waals surface area (Å²) in [6.07, 6.45) is -5.09. The number of aromatic nitrogens is 2. The first-order valence-corrected chi connectivity index (χ1v) is 9.32. The maximum Gasteiger partial charge on any atom is 0.433 e. The number of oxime groups is 1. The maximum absolute atomic E-state index is 13.2. The van der Waals surface area contributed by atoms with Crippen LogP contribution in [0, 0.1) is 0 Å². The van der Waals surface area contributed by atoms with Gasteiger partial charge in [0, 0.05) is 6.42 Å². The van der Waals surface area contributed by atoms with Crippen LogP contribution in [0.25, 0.3) is 0 Å². The van der Waals surface area contributed by atoms with Crippen LogP contribution in [-0.2, 0) is 20.9 Å². The number of sulfone groups is 1. The summed E-state index contributed by atoms with van der Waals surface area (Å²) in [5, 5.41) is 6.90. The van der Waals surface area contributed by atoms with Crippen LogP contribution in [0.5, 0.6) is 5.88 Å². The van der Waals surface area contributed by atoms with E-state index in [1.165, 1.54) is 6.92 Å². The Labute approximate surface area is 147 Å². The summed E-state index contributed by atoms with van der Waals surface area (Å²) >= 11 is 5.73. The summed E-state index contributed by atoms with van der Waals surface area (Å²) in [6.45, 7) is 3.01. The SMILES string of the molecule is CCC(c1c(OC)n[nH]c1C(F)(F)F)S(=O)(=O)C1=NOC(C)(CCl)C1. The lowest BCUT2D eigenvalue weighted by atomic mass is 10.1. The predicted octanol–water partition coefficient (Wildman–Crippen LogP) is 3.03. The molecule has 0 aromatic carbocycles. The summed E-state index contributed by atoms with van der Waals surface area (Å²) in [5.74, 6) is -0.447. The average Bonchev–Trinajstić information content (AvgIpc) is 3.12. The fourth-order valence-corrected chi connectivity index (χ4v) is 4.60. The number of hydrogen-bond acceptors (Lipinski definition) is 6. The molecule has 142 valence electrons. The topological polar surface area (TPSA) is 93.6 Å². The van der Waals surface area contributed by atoms with E-state index in [1.807, 2.05) is 5.10 Å². The first-order valence-electron chi connectivity index (χ1n) is 7.24. The van der Waals surface area contributed by atoms with Crippen molar-refractivity contribution in [2.45, 2.75) is 43.7 Å². The zero-order valence-electron chi connectivity index (χ0n) is 13.6. The molecule has 25 heavy (non-hydrogen) atoms. The van der Waals surface area contributed by atoms with Crippen LogP contribution in [-0.4, -0.2) is 42.2 Å². The number of methoxy groups -OCH3 is 1. The van der Waals surface area contributed by atoms with Crippen LogP contribution in [0.1, 0.15) is 43.2 Å². The molecule has 2 heterocycles. The predicted molar refractivity (Wildman–Crippen MR) is 84.4 cm³/mol. The van der Waals surface area contributed by atoms with Crippen molar-refractivity contribution in [3.8, 4) is 5.88 Å². The lowest BCUT2D eigenvalue weighted by molar-refractivity contribution is -0.141. The number of ether oxygens (including phenoxy) is 1. The second kappa shape index (κ2) is 6.67. The third-order valence-corrected chi connectivity index (χ3v) is 6.58. The van der Waals surface area contributed by atoms with Crippen molar-refractivity contribution in [1.29, 1.82) is 0 Å². The lowest BCUT2D eigenvalue weighted by Crippen LogP contribution is -2.30. The van der Waals surface area contributed by atoms with Crippen molar-refractivity contribution in [2.75, 3.05) is 13.0 Å². The summed E-state index contributed by atoms with van der Waals surface area (Å²) in [4.78, 5) is 5.05. The number of nitrogens with one attached hydrogen (secondary N) is 1. The molecule has 12 heteroatoms. The van der Waals surface area contributed by atoms with Crippen LogP contribution < -0.4 is 4.74 Å². The Morgan fingerprint density at radius 3 is 2.56 bits per heavy atom. The van der Waals surface area contributed by atoms with Gasteiger partial charge >= 0.3 is 6.18 Å². The van der Waals surface area contributed by atoms with Crippen molar-refractivity contribution in [2.24, 2.45) is 5.16 Å². The molecular weight excluding hydrogens is 387 g/mol. The minimum Gasteiger partial charge on any atom is -0.480 e. The fourth-order valence-electron chi connectivity index (χ4n) is 2.52. The molecule has 1 aromatic rings. The van der Waals surface area contributed by atoms with Crippen LogP contribution >= 0.6 is 11.6 Å². The van der Waals surface area contributed by atoms with Crippen molar-refractivity contribution in [1.82, 2.24) is 10.2 Å². The molecule has 1 N–H and O–H groups in total. The van der Waals surface area contributed by atoms with Gasteiger partial charge in [-0.25, -0.2) is 8.42 Å². The summed E-state index contributed by atoms with van der Waals surface area (Å²) in [6, 6.07) is 0. The molecule has 2 atom stereocenters. The van der Waals surface area contributed by atoms with Gasteiger partial charge in [-0.2, -0.15) is 13.2 Å². The quantitative estimate of drug-likeness (QED) is 0.762. The Morgan fingerprint density at radius 2 is 2.12 bits per heavy atom. The normalized spacial score (nSPS) is 22.4. The molecule has 0 fully saturated rings. The smallest absolute Gasteiger partial charge is 0.433 e. The number of aromatic amines is 1. The summed E-state index contributed by atoms with van der Waals surface area (Å²) < 4.78 is 70.3. The van der Waals surface area contributed by atoms with E-state index in [4.69, 9.17) is 21.2 Å². The van der Waals surface area contributed by atoms with Crippen LogP contribution in [0.15, 0.2) is 5.16 Å². The molecule has 2 rings (SSSR count). The minimum atomic E-state index is -4.82. The Kier molecular flexibility index (Phi) is 5.29. The fraction of sp³-hybridized carbons (Fsp3) is 0.692. The van der Waals surface area contributed by atoms with Crippen molar-refractivity contribution in [3.05, 3.63) is 11.3 Å². The van der Waals surface area contributed by atoms with Gasteiger partial charge in [0.15, 0.2) is 10.6 Å². The van der Waals surface area contributed by atoms with Gasteiger partial charge in [0.05, 0.1) is 23.8 Å². The Bertz CT molecular complexity index is 778. The largest absolute Gasteiger partial charge is 0.480 e. The van der Waals surface area contributed by atoms with E-state index in [2.05, 4.69) is 10.3 Å². The molecule has 0 spiro atoms. The van der Waals surface area contributed by atoms with E-state index in [0.29, 0.717) is 0 Å². The van der Waals surface area contributed by atoms with Gasteiger partial charge in [-0.15, -0.1) is 16.7 Å². The minimum absolute atomic E-state index is 0.0187. The average molecular weight is 404 g/mol. The van der Waals surface area contributed by atoms with Crippen molar-refractivity contribution in [3.63, 3.8) is 0 Å². The zero-order chi connectivity index (χ0) is 19.0. The molecule has 7 nitrogen and oxygen atoms in total. The van der Waals surface area contributed by atoms with Gasteiger partial charge < -0.3 is 9.57 Å². The molecule has 0 radical (unpaired) electrons. The van der Waals surface area contributed by atoms with Gasteiger partial charge in [0.25, 0.3) is 0 Å². The number of hydrogen-bond donors (Lipinski definition) is 1. The van der Waals surface area contributed by atoms with E-state index in [9.17, 15) is 21.6 Å². The van der Waals surface area contributed by atoms with Gasteiger partial charge in [-0.1, -0.05) is 12.1 Å². The van der Waals surface area contributed by atoms with E-state index in [-0.39, 0.29) is 23.8 Å². The molecule has 0 aliphatic carbocycles. The third kappa shape index (κ3) is 3.57. The lowest BCUT2D eigenvalue weighted by Gasteiger charge is -2.19. The summed E-state index contributed by atoms with van der Waals surface area (Å²) in [7, 11) is -3.13. The van der Waals surface area contributed by atoms with Gasteiger partial charge in [0.2, 0.25) is 15.7 Å². The molecule has 1 aliphatic rings. The molecule has 2 unspecified atom stereocenters. The van der Waals surface area contributed by atoms with Gasteiger partial charge in [0.1, 0.15) is 5.69 Å². The number of rotatable bonds is 5. The number of halogens is 4. The number of nitrogens with zero attached hydrogens (tertiary/aromatic N) is 2. The molecular formula is C13H17ClF3N3O4S. The van der Waals surface area contributed by atoms with Crippen molar-refractivity contribution >= 4 is 26.5 Å². The van der Waals surface area contributed by atoms with Crippen LogP contribution in [0.3, 0.4) is 0 Å². The highest BCUT2D eigenvalue weighted by molar-refractivity contribution is 8.06. The first-order chi connectivity index (χ1) is 11.5. The Hall–Kier alpha value is -1.49. The molecule has 0 bridgehead atoms. The highest BCUT2D eigenvalue weighted by atomic mass is 35.5. The van der Waals surface area contributed by atoms with Gasteiger partial charge in [-0.05, 0) is 13.3 Å². The van der Waals surface area contributed by atoms with Gasteiger partial charge in [-0.3, -0.25) is 5.10 Å². The molecule has 0 saturated heterocycles. The van der Waals surface area contributed by atoms with Crippen LogP contribution in [0.2, 0.25) is 0 Å². The highest BCUT2D eigenvalue weighted by Crippen LogP contribution is 2.43. The highest BCUT2D eigenvalue weighted by Gasteiger charge is 2.47. The third-order valence-electron chi connectivity index (χ3n) is 3.82. The Morgan fingerprint density at radius 1 is 1.48 bits per heavy atom. The van der Waals surface area contributed by atoms with E-state index >= 15 is 0 Å².